The Morgan fingerprint density at radius 2 is 1.86 bits per heavy atom. The van der Waals surface area contributed by atoms with Crippen molar-refractivity contribution in [2.45, 2.75) is 81.9 Å². The zero-order valence-corrected chi connectivity index (χ0v) is 29.0. The Balaban J connectivity index is 1.12. The van der Waals surface area contributed by atoms with Gasteiger partial charge >= 0.3 is 7.82 Å². The van der Waals surface area contributed by atoms with Crippen molar-refractivity contribution in [2.24, 2.45) is 22.7 Å². The molecule has 11 nitrogen and oxygen atoms in total. The lowest BCUT2D eigenvalue weighted by Gasteiger charge is -2.63. The monoisotopic (exact) mass is 727 g/mol. The normalized spacial score (nSPS) is 39.4. The molecular formula is C37H40F2NO10P. The van der Waals surface area contributed by atoms with Gasteiger partial charge < -0.3 is 34.8 Å². The van der Waals surface area contributed by atoms with Gasteiger partial charge in [0, 0.05) is 34.3 Å². The van der Waals surface area contributed by atoms with Crippen molar-refractivity contribution in [1.82, 2.24) is 0 Å². The van der Waals surface area contributed by atoms with Gasteiger partial charge in [-0.1, -0.05) is 43.3 Å². The maximum Gasteiger partial charge on any atom is 0.470 e. The number of hydrogen-bond donors (Lipinski definition) is 4. The van der Waals surface area contributed by atoms with Crippen LogP contribution in [0.25, 0.3) is 0 Å². The Bertz CT molecular complexity index is 1930. The average molecular weight is 728 g/mol. The van der Waals surface area contributed by atoms with E-state index in [9.17, 15) is 29.0 Å². The number of anilines is 1. The molecule has 0 unspecified atom stereocenters. The molecule has 0 spiro atoms. The van der Waals surface area contributed by atoms with Crippen LogP contribution in [0, 0.1) is 22.7 Å². The lowest BCUT2D eigenvalue weighted by molar-refractivity contribution is -0.235. The summed E-state index contributed by atoms with van der Waals surface area (Å²) in [4.78, 5) is 45.4. The average Bonchev–Trinajstić information content (AvgIpc) is 3.78. The zero-order valence-electron chi connectivity index (χ0n) is 28.1. The van der Waals surface area contributed by atoms with Gasteiger partial charge in [-0.2, -0.15) is 0 Å². The van der Waals surface area contributed by atoms with Crippen LogP contribution in [0.15, 0.2) is 60.2 Å². The third-order valence-electron chi connectivity index (χ3n) is 12.8. The van der Waals surface area contributed by atoms with E-state index in [1.54, 1.807) is 6.92 Å². The summed E-state index contributed by atoms with van der Waals surface area (Å²) in [5.41, 5.74) is 3.04. The first-order valence-corrected chi connectivity index (χ1v) is 18.7. The summed E-state index contributed by atoms with van der Waals surface area (Å²) < 4.78 is 68.8. The number of aliphatic hydroxyl groups is 1. The second-order valence-electron chi connectivity index (χ2n) is 15.2. The number of nitrogen functional groups attached to an aromatic ring is 1. The van der Waals surface area contributed by atoms with Crippen molar-refractivity contribution in [1.29, 1.82) is 0 Å². The maximum absolute atomic E-state index is 17.7. The standard InChI is InChI=1S/C37H40F2NO10P/c1-34-11-9-22(41)14-26(34)27(38)15-25-24-16-31-37(30(43)18-48-51(44,45)46,35(24,2)17-29(42)36(25,34)39)50-33(49-31)20-5-3-19(4-6-20)13-21-7-8-28(40)32-23(21)10-12-47-32/h3-9,11,14,24-25,27,29,31,33,42H,10,12-13,15-18,40H2,1-2H3,(H2,44,45,46)/t24-,25-,27-,29-,31+,33+,34-,35-,36-,37+/m0/s1. The Morgan fingerprint density at radius 3 is 2.59 bits per heavy atom. The van der Waals surface area contributed by atoms with E-state index in [0.717, 1.165) is 34.9 Å². The molecule has 4 fully saturated rings. The number of phosphoric ester groups is 1. The van der Waals surface area contributed by atoms with Gasteiger partial charge in [0.05, 0.1) is 24.5 Å². The van der Waals surface area contributed by atoms with Crippen LogP contribution in [0.4, 0.5) is 14.5 Å². The maximum atomic E-state index is 17.7. The molecular weight excluding hydrogens is 687 g/mol. The molecule has 272 valence electrons. The molecule has 1 saturated heterocycles. The van der Waals surface area contributed by atoms with E-state index in [0.29, 0.717) is 24.3 Å². The number of rotatable bonds is 7. The van der Waals surface area contributed by atoms with Crippen molar-refractivity contribution >= 4 is 25.1 Å². The van der Waals surface area contributed by atoms with Gasteiger partial charge in [0.2, 0.25) is 0 Å². The summed E-state index contributed by atoms with van der Waals surface area (Å²) in [5, 5.41) is 11.8. The molecule has 5 N–H and O–H groups in total. The van der Waals surface area contributed by atoms with E-state index in [-0.39, 0.29) is 24.8 Å². The Kier molecular flexibility index (Phi) is 7.91. The van der Waals surface area contributed by atoms with Crippen LogP contribution >= 0.6 is 7.82 Å². The molecule has 2 aliphatic heterocycles. The number of halogens is 2. The molecule has 0 aromatic heterocycles. The second-order valence-corrected chi connectivity index (χ2v) is 16.5. The smallest absolute Gasteiger partial charge is 0.470 e. The van der Waals surface area contributed by atoms with Crippen LogP contribution in [-0.4, -0.2) is 69.3 Å². The van der Waals surface area contributed by atoms with Crippen LogP contribution in [0.2, 0.25) is 0 Å². The van der Waals surface area contributed by atoms with Gasteiger partial charge in [-0.25, -0.2) is 13.3 Å². The highest BCUT2D eigenvalue weighted by Crippen LogP contribution is 2.72. The fourth-order valence-electron chi connectivity index (χ4n) is 10.4. The minimum Gasteiger partial charge on any atom is -0.491 e. The van der Waals surface area contributed by atoms with Crippen molar-refractivity contribution in [3.8, 4) is 5.75 Å². The zero-order chi connectivity index (χ0) is 36.3. The van der Waals surface area contributed by atoms with Gasteiger partial charge in [-0.15, -0.1) is 0 Å². The van der Waals surface area contributed by atoms with Crippen LogP contribution in [0.5, 0.6) is 5.75 Å². The number of Topliss-reactive ketones (excluding diaryl/α,β-unsaturated/α-hetero) is 1. The molecule has 0 bridgehead atoms. The number of aliphatic hydroxyl groups excluding tert-OH is 1. The van der Waals surface area contributed by atoms with E-state index in [1.165, 1.54) is 19.1 Å². The molecule has 0 radical (unpaired) electrons. The third kappa shape index (κ3) is 4.92. The molecule has 2 aromatic carbocycles. The highest BCUT2D eigenvalue weighted by atomic mass is 31.2. The van der Waals surface area contributed by atoms with Crippen molar-refractivity contribution in [3.63, 3.8) is 0 Å². The van der Waals surface area contributed by atoms with Crippen LogP contribution in [-0.2, 0) is 41.0 Å². The minimum absolute atomic E-state index is 0.0273. The molecule has 14 heteroatoms. The summed E-state index contributed by atoms with van der Waals surface area (Å²) in [6.07, 6.45) is -1.15. The van der Waals surface area contributed by atoms with Crippen LogP contribution in [0.3, 0.4) is 0 Å². The van der Waals surface area contributed by atoms with Crippen LogP contribution in [0.1, 0.15) is 61.7 Å². The topological polar surface area (TPSA) is 175 Å². The third-order valence-corrected chi connectivity index (χ3v) is 13.2. The number of ketones is 2. The number of allylic oxidation sites excluding steroid dienone is 4. The van der Waals surface area contributed by atoms with Gasteiger partial charge in [-0.3, -0.25) is 14.1 Å². The summed E-state index contributed by atoms with van der Waals surface area (Å²) in [6.45, 7) is 2.69. The van der Waals surface area contributed by atoms with E-state index in [2.05, 4.69) is 4.52 Å². The summed E-state index contributed by atoms with van der Waals surface area (Å²) >= 11 is 0. The lowest BCUT2D eigenvalue weighted by Crippen LogP contribution is -2.70. The first kappa shape index (κ1) is 34.8. The number of carbonyl (C=O) groups excluding carboxylic acids is 2. The molecule has 4 aliphatic carbocycles. The quantitative estimate of drug-likeness (QED) is 0.233. The Hall–Kier alpha value is -3.29. The molecule has 2 aromatic rings. The number of hydrogen-bond acceptors (Lipinski definition) is 9. The van der Waals surface area contributed by atoms with Crippen molar-refractivity contribution in [3.05, 3.63) is 82.5 Å². The fraction of sp³-hybridized carbons (Fsp3) is 0.514. The first-order valence-electron chi connectivity index (χ1n) is 17.2. The lowest BCUT2D eigenvalue weighted by atomic mass is 9.44. The van der Waals surface area contributed by atoms with Gasteiger partial charge in [0.15, 0.2) is 29.1 Å². The van der Waals surface area contributed by atoms with E-state index >= 15 is 8.78 Å². The molecule has 2 heterocycles. The summed E-state index contributed by atoms with van der Waals surface area (Å²) in [6, 6.07) is 11.2. The van der Waals surface area contributed by atoms with Gasteiger partial charge in [0.25, 0.3) is 0 Å². The Labute approximate surface area is 293 Å². The number of benzene rings is 2. The molecule has 3 saturated carbocycles. The number of carbonyl (C=O) groups is 2. The van der Waals surface area contributed by atoms with E-state index in [4.69, 9.17) is 19.9 Å². The molecule has 51 heavy (non-hydrogen) atoms. The van der Waals surface area contributed by atoms with Gasteiger partial charge in [0.1, 0.15) is 18.5 Å². The predicted octanol–water partition coefficient (Wildman–Crippen LogP) is 4.55. The number of phosphoric acid groups is 1. The van der Waals surface area contributed by atoms with Crippen LogP contribution < -0.4 is 10.5 Å². The fourth-order valence-corrected chi connectivity index (χ4v) is 10.7. The van der Waals surface area contributed by atoms with E-state index < -0.39 is 84.6 Å². The highest BCUT2D eigenvalue weighted by Gasteiger charge is 2.80. The predicted molar refractivity (Wildman–Crippen MR) is 178 cm³/mol. The number of nitrogens with two attached hydrogens (primary N) is 1. The molecule has 0 amide bonds. The van der Waals surface area contributed by atoms with Crippen molar-refractivity contribution < 1.29 is 56.6 Å². The van der Waals surface area contributed by atoms with Gasteiger partial charge in [-0.05, 0) is 73.4 Å². The molecule has 10 atom stereocenters. The molecule has 8 rings (SSSR count). The largest absolute Gasteiger partial charge is 0.491 e. The summed E-state index contributed by atoms with van der Waals surface area (Å²) in [7, 11) is -5.09. The number of alkyl halides is 2. The Morgan fingerprint density at radius 1 is 1.12 bits per heavy atom. The number of ether oxygens (including phenoxy) is 3. The second kappa shape index (κ2) is 11.6. The van der Waals surface area contributed by atoms with E-state index in [1.807, 2.05) is 36.4 Å². The number of fused-ring (bicyclic) bond motifs is 8. The SMILES string of the molecule is C[C@]12C=CC(=O)C=C1[C@@H](F)C[C@H]1[C@@H]3C[C@H]4O[C@@H](c5ccc(Cc6ccc(N)c7c6CCO7)cc5)O[C@@]4(C(=O)COP(=O)(O)O)[C@@]3(C)C[C@H](O)[C@@]12F. The van der Waals surface area contributed by atoms with Crippen molar-refractivity contribution in [2.75, 3.05) is 18.9 Å². The minimum atomic E-state index is -5.09. The first-order chi connectivity index (χ1) is 24.0. The highest BCUT2D eigenvalue weighted by molar-refractivity contribution is 7.46. The molecule has 6 aliphatic rings. The summed E-state index contributed by atoms with van der Waals surface area (Å²) in [5.74, 6) is -2.45.